The predicted molar refractivity (Wildman–Crippen MR) is 99.6 cm³/mol. The zero-order valence-electron chi connectivity index (χ0n) is 14.9. The molecule has 132 valence electrons. The van der Waals surface area contributed by atoms with Crippen LogP contribution in [-0.4, -0.2) is 33.9 Å². The summed E-state index contributed by atoms with van der Waals surface area (Å²) in [5, 5.41) is 4.41. The Labute approximate surface area is 151 Å². The lowest BCUT2D eigenvalue weighted by Gasteiger charge is -2.13. The molecular formula is C19H23N3O2S. The van der Waals surface area contributed by atoms with Crippen LogP contribution in [0.25, 0.3) is 10.9 Å². The lowest BCUT2D eigenvalue weighted by molar-refractivity contribution is 0.0668. The van der Waals surface area contributed by atoms with Gasteiger partial charge in [0.1, 0.15) is 12.1 Å². The summed E-state index contributed by atoms with van der Waals surface area (Å²) < 4.78 is 14.0. The molecule has 1 fully saturated rings. The van der Waals surface area contributed by atoms with E-state index >= 15 is 0 Å². The summed E-state index contributed by atoms with van der Waals surface area (Å²) in [6.07, 6.45) is 4.19. The van der Waals surface area contributed by atoms with Crippen LogP contribution >= 0.6 is 11.3 Å². The van der Waals surface area contributed by atoms with Crippen molar-refractivity contribution < 1.29 is 9.47 Å². The number of hydrogen-bond acceptors (Lipinski definition) is 5. The van der Waals surface area contributed by atoms with Crippen LogP contribution in [0, 0.1) is 20.8 Å². The number of aromatic nitrogens is 3. The van der Waals surface area contributed by atoms with Gasteiger partial charge in [0.25, 0.3) is 0 Å². The molecule has 4 heterocycles. The second kappa shape index (κ2) is 6.77. The summed E-state index contributed by atoms with van der Waals surface area (Å²) in [6.45, 7) is 8.48. The molecular weight excluding hydrogens is 334 g/mol. The van der Waals surface area contributed by atoms with Crippen LogP contribution in [0.3, 0.4) is 0 Å². The average molecular weight is 357 g/mol. The molecule has 1 atom stereocenters. The Balaban J connectivity index is 1.71. The van der Waals surface area contributed by atoms with E-state index in [1.165, 1.54) is 16.6 Å². The minimum atomic E-state index is 0.184. The predicted octanol–water partition coefficient (Wildman–Crippen LogP) is 4.02. The molecule has 1 unspecified atom stereocenters. The van der Waals surface area contributed by atoms with Gasteiger partial charge in [0.15, 0.2) is 0 Å². The lowest BCUT2D eigenvalue weighted by Crippen LogP contribution is -2.17. The normalized spacial score (nSPS) is 17.5. The van der Waals surface area contributed by atoms with Crippen LogP contribution in [-0.2, 0) is 11.3 Å². The molecule has 5 nitrogen and oxygen atoms in total. The van der Waals surface area contributed by atoms with Gasteiger partial charge in [-0.15, -0.1) is 11.3 Å². The Morgan fingerprint density at radius 1 is 1.36 bits per heavy atom. The summed E-state index contributed by atoms with van der Waals surface area (Å²) in [7, 11) is 0. The van der Waals surface area contributed by atoms with Crippen molar-refractivity contribution in [3.05, 3.63) is 39.6 Å². The van der Waals surface area contributed by atoms with Gasteiger partial charge < -0.3 is 14.0 Å². The lowest BCUT2D eigenvalue weighted by atomic mass is 10.2. The Bertz CT molecular complexity index is 894. The highest BCUT2D eigenvalue weighted by Crippen LogP contribution is 2.32. The monoisotopic (exact) mass is 357 g/mol. The molecule has 1 saturated heterocycles. The fraction of sp³-hybridized carbons (Fsp3) is 0.474. The highest BCUT2D eigenvalue weighted by molar-refractivity contribution is 7.09. The summed E-state index contributed by atoms with van der Waals surface area (Å²) in [6, 6.07) is 2.07. The summed E-state index contributed by atoms with van der Waals surface area (Å²) >= 11 is 1.69. The van der Waals surface area contributed by atoms with Gasteiger partial charge in [-0.05, 0) is 45.2 Å². The minimum Gasteiger partial charge on any atom is -0.473 e. The molecule has 4 rings (SSSR count). The van der Waals surface area contributed by atoms with Gasteiger partial charge >= 0.3 is 0 Å². The van der Waals surface area contributed by atoms with Crippen LogP contribution in [0.4, 0.5) is 0 Å². The second-order valence-electron chi connectivity index (χ2n) is 6.61. The molecule has 0 radical (unpaired) electrons. The van der Waals surface area contributed by atoms with E-state index in [0.717, 1.165) is 42.2 Å². The maximum atomic E-state index is 6.08. The number of thiazole rings is 1. The van der Waals surface area contributed by atoms with E-state index in [1.807, 2.05) is 13.1 Å². The van der Waals surface area contributed by atoms with Crippen LogP contribution in [0.2, 0.25) is 0 Å². The van der Waals surface area contributed by atoms with Crippen molar-refractivity contribution in [3.8, 4) is 5.88 Å². The van der Waals surface area contributed by atoms with E-state index in [0.29, 0.717) is 12.5 Å². The van der Waals surface area contributed by atoms with Gasteiger partial charge in [0.2, 0.25) is 5.88 Å². The third-order valence-corrected chi connectivity index (χ3v) is 5.75. The van der Waals surface area contributed by atoms with E-state index in [4.69, 9.17) is 9.47 Å². The number of fused-ring (bicyclic) bond motifs is 1. The van der Waals surface area contributed by atoms with Crippen LogP contribution in [0.5, 0.6) is 5.88 Å². The van der Waals surface area contributed by atoms with Gasteiger partial charge in [-0.25, -0.2) is 9.97 Å². The number of rotatable bonds is 5. The van der Waals surface area contributed by atoms with E-state index in [-0.39, 0.29) is 6.10 Å². The molecule has 1 aliphatic heterocycles. The zero-order chi connectivity index (χ0) is 17.4. The Kier molecular flexibility index (Phi) is 4.48. The molecule has 0 spiro atoms. The highest BCUT2D eigenvalue weighted by Gasteiger charge is 2.20. The van der Waals surface area contributed by atoms with E-state index in [9.17, 15) is 0 Å². The standard InChI is InChI=1S/C19H23N3O2S/c1-12-13(2)22(9-15-11-25-14(3)21-15)18-17(12)6-7-20-19(18)24-10-16-5-4-8-23-16/h6-7,11,16H,4-5,8-10H2,1-3H3. The molecule has 1 aliphatic rings. The number of aryl methyl sites for hydroxylation is 2. The van der Waals surface area contributed by atoms with Gasteiger partial charge in [-0.2, -0.15) is 0 Å². The van der Waals surface area contributed by atoms with Gasteiger partial charge in [-0.3, -0.25) is 0 Å². The number of ether oxygens (including phenoxy) is 2. The molecule has 3 aromatic rings. The molecule has 0 aliphatic carbocycles. The Hall–Kier alpha value is -1.92. The largest absolute Gasteiger partial charge is 0.473 e. The molecule has 0 bridgehead atoms. The molecule has 0 amide bonds. The van der Waals surface area contributed by atoms with Crippen molar-refractivity contribution in [2.24, 2.45) is 0 Å². The number of nitrogens with zero attached hydrogens (tertiary/aromatic N) is 3. The Morgan fingerprint density at radius 2 is 2.24 bits per heavy atom. The maximum absolute atomic E-state index is 6.08. The van der Waals surface area contributed by atoms with Crippen LogP contribution in [0.1, 0.15) is 34.8 Å². The first kappa shape index (κ1) is 16.5. The van der Waals surface area contributed by atoms with Crippen molar-refractivity contribution in [2.45, 2.75) is 46.3 Å². The molecule has 0 saturated carbocycles. The van der Waals surface area contributed by atoms with Crippen molar-refractivity contribution in [1.82, 2.24) is 14.5 Å². The maximum Gasteiger partial charge on any atom is 0.238 e. The van der Waals surface area contributed by atoms with Crippen molar-refractivity contribution in [1.29, 1.82) is 0 Å². The molecule has 25 heavy (non-hydrogen) atoms. The topological polar surface area (TPSA) is 49.2 Å². The molecule has 0 aromatic carbocycles. The third-order valence-electron chi connectivity index (χ3n) is 4.93. The third kappa shape index (κ3) is 3.16. The van der Waals surface area contributed by atoms with Gasteiger partial charge in [-0.1, -0.05) is 0 Å². The zero-order valence-corrected chi connectivity index (χ0v) is 15.7. The van der Waals surface area contributed by atoms with E-state index < -0.39 is 0 Å². The molecule has 3 aromatic heterocycles. The molecule has 0 N–H and O–H groups in total. The van der Waals surface area contributed by atoms with Gasteiger partial charge in [0, 0.05) is 29.3 Å². The van der Waals surface area contributed by atoms with Crippen LogP contribution < -0.4 is 4.74 Å². The van der Waals surface area contributed by atoms with Crippen LogP contribution in [0.15, 0.2) is 17.6 Å². The Morgan fingerprint density at radius 3 is 2.96 bits per heavy atom. The van der Waals surface area contributed by atoms with Crippen molar-refractivity contribution in [3.63, 3.8) is 0 Å². The number of hydrogen-bond donors (Lipinski definition) is 0. The molecule has 6 heteroatoms. The highest BCUT2D eigenvalue weighted by atomic mass is 32.1. The second-order valence-corrected chi connectivity index (χ2v) is 7.67. The summed E-state index contributed by atoms with van der Waals surface area (Å²) in [5.41, 5.74) is 4.64. The fourth-order valence-electron chi connectivity index (χ4n) is 3.46. The first-order valence-electron chi connectivity index (χ1n) is 8.73. The summed E-state index contributed by atoms with van der Waals surface area (Å²) in [5.74, 6) is 0.691. The quantitative estimate of drug-likeness (QED) is 0.692. The average Bonchev–Trinajstić information content (AvgIpc) is 3.32. The SMILES string of the molecule is Cc1nc(Cn2c(C)c(C)c3ccnc(OCC4CCCO4)c32)cs1. The first-order valence-corrected chi connectivity index (χ1v) is 9.61. The smallest absolute Gasteiger partial charge is 0.238 e. The summed E-state index contributed by atoms with van der Waals surface area (Å²) in [4.78, 5) is 9.13. The first-order chi connectivity index (χ1) is 12.1. The minimum absolute atomic E-state index is 0.184. The van der Waals surface area contributed by atoms with E-state index in [2.05, 4.69) is 39.8 Å². The van der Waals surface area contributed by atoms with E-state index in [1.54, 1.807) is 11.3 Å². The number of pyridine rings is 1. The van der Waals surface area contributed by atoms with Crippen molar-refractivity contribution >= 4 is 22.2 Å². The fourth-order valence-corrected chi connectivity index (χ4v) is 4.06. The van der Waals surface area contributed by atoms with Gasteiger partial charge in [0.05, 0.1) is 23.4 Å². The van der Waals surface area contributed by atoms with Crippen molar-refractivity contribution in [2.75, 3.05) is 13.2 Å².